The number of benzene rings is 2. The van der Waals surface area contributed by atoms with Crippen LogP contribution in [0.25, 0.3) is 10.9 Å². The number of nitrogens with one attached hydrogen (secondary N) is 3. The largest absolute Gasteiger partial charge is 0.491 e. The van der Waals surface area contributed by atoms with Crippen molar-refractivity contribution in [3.63, 3.8) is 0 Å². The predicted octanol–water partition coefficient (Wildman–Crippen LogP) is 3.24. The average molecular weight is 398 g/mol. The number of guanidine groups is 1. The molecule has 0 saturated carbocycles. The Kier molecular flexibility index (Phi) is 7.47. The van der Waals surface area contributed by atoms with Gasteiger partial charge in [-0.1, -0.05) is 12.1 Å². The summed E-state index contributed by atoms with van der Waals surface area (Å²) in [5, 5.41) is 7.51. The maximum atomic E-state index is 13.5. The third-order valence-corrected chi connectivity index (χ3v) is 4.55. The van der Waals surface area contributed by atoms with Crippen molar-refractivity contribution in [2.24, 2.45) is 4.99 Å². The van der Waals surface area contributed by atoms with Crippen molar-refractivity contribution in [2.45, 2.75) is 13.0 Å². The summed E-state index contributed by atoms with van der Waals surface area (Å²) in [5.74, 6) is 1.30. The van der Waals surface area contributed by atoms with Crippen molar-refractivity contribution >= 4 is 16.9 Å². The van der Waals surface area contributed by atoms with E-state index in [4.69, 9.17) is 9.47 Å². The molecule has 0 fully saturated rings. The number of ether oxygens (including phenoxy) is 2. The first-order chi connectivity index (χ1) is 14.2. The Hall–Kier alpha value is -3.06. The van der Waals surface area contributed by atoms with Crippen LogP contribution in [0.5, 0.6) is 5.75 Å². The molecule has 0 bridgehead atoms. The zero-order chi connectivity index (χ0) is 20.5. The van der Waals surface area contributed by atoms with E-state index in [0.717, 1.165) is 34.2 Å². The Bertz CT molecular complexity index is 955. The SMILES string of the molecule is CN=C(NCCc1c[nH]c2ccc(F)cc12)NCc1cccc(OCCOC)c1. The summed E-state index contributed by atoms with van der Waals surface area (Å²) < 4.78 is 24.1. The number of fused-ring (bicyclic) bond motifs is 1. The first kappa shape index (κ1) is 20.7. The van der Waals surface area contributed by atoms with Crippen LogP contribution in [-0.2, 0) is 17.7 Å². The second kappa shape index (κ2) is 10.5. The molecule has 0 aliphatic heterocycles. The van der Waals surface area contributed by atoms with Crippen LogP contribution >= 0.6 is 0 Å². The highest BCUT2D eigenvalue weighted by atomic mass is 19.1. The number of rotatable bonds is 9. The lowest BCUT2D eigenvalue weighted by molar-refractivity contribution is 0.146. The molecule has 0 amide bonds. The number of methoxy groups -OCH3 is 1. The molecule has 7 heteroatoms. The van der Waals surface area contributed by atoms with E-state index in [2.05, 4.69) is 20.6 Å². The molecule has 29 heavy (non-hydrogen) atoms. The molecule has 0 unspecified atom stereocenters. The van der Waals surface area contributed by atoms with Gasteiger partial charge in [0.2, 0.25) is 0 Å². The zero-order valence-electron chi connectivity index (χ0n) is 16.8. The van der Waals surface area contributed by atoms with Crippen LogP contribution in [0.3, 0.4) is 0 Å². The van der Waals surface area contributed by atoms with Crippen LogP contribution in [0.1, 0.15) is 11.1 Å². The minimum absolute atomic E-state index is 0.225. The summed E-state index contributed by atoms with van der Waals surface area (Å²) >= 11 is 0. The second-order valence-corrected chi connectivity index (χ2v) is 6.60. The molecule has 0 aliphatic carbocycles. The quantitative estimate of drug-likeness (QED) is 0.294. The Morgan fingerprint density at radius 1 is 1.14 bits per heavy atom. The molecule has 0 spiro atoms. The summed E-state index contributed by atoms with van der Waals surface area (Å²) in [7, 11) is 3.39. The molecule has 0 aliphatic rings. The smallest absolute Gasteiger partial charge is 0.191 e. The second-order valence-electron chi connectivity index (χ2n) is 6.60. The van der Waals surface area contributed by atoms with Crippen molar-refractivity contribution in [2.75, 3.05) is 33.9 Å². The molecule has 3 N–H and O–H groups in total. The molecular formula is C22H27FN4O2. The van der Waals surface area contributed by atoms with E-state index >= 15 is 0 Å². The minimum atomic E-state index is -0.225. The first-order valence-electron chi connectivity index (χ1n) is 9.60. The van der Waals surface area contributed by atoms with Crippen molar-refractivity contribution < 1.29 is 13.9 Å². The lowest BCUT2D eigenvalue weighted by atomic mass is 10.1. The van der Waals surface area contributed by atoms with Gasteiger partial charge in [0.25, 0.3) is 0 Å². The number of hydrogen-bond donors (Lipinski definition) is 3. The minimum Gasteiger partial charge on any atom is -0.491 e. The number of nitrogens with zero attached hydrogens (tertiary/aromatic N) is 1. The van der Waals surface area contributed by atoms with Crippen molar-refractivity contribution in [1.82, 2.24) is 15.6 Å². The van der Waals surface area contributed by atoms with Crippen molar-refractivity contribution in [1.29, 1.82) is 0 Å². The van der Waals surface area contributed by atoms with Gasteiger partial charge in [-0.2, -0.15) is 0 Å². The van der Waals surface area contributed by atoms with Gasteiger partial charge in [-0.05, 0) is 47.9 Å². The van der Waals surface area contributed by atoms with E-state index in [1.807, 2.05) is 30.5 Å². The third kappa shape index (κ3) is 5.96. The highest BCUT2D eigenvalue weighted by Crippen LogP contribution is 2.19. The monoisotopic (exact) mass is 398 g/mol. The van der Waals surface area contributed by atoms with E-state index in [-0.39, 0.29) is 5.82 Å². The Labute approximate surface area is 170 Å². The molecule has 0 radical (unpaired) electrons. The van der Waals surface area contributed by atoms with Crippen LogP contribution < -0.4 is 15.4 Å². The van der Waals surface area contributed by atoms with E-state index in [1.54, 1.807) is 26.3 Å². The summed E-state index contributed by atoms with van der Waals surface area (Å²) in [6.45, 7) is 2.39. The van der Waals surface area contributed by atoms with Gasteiger partial charge in [-0.15, -0.1) is 0 Å². The zero-order valence-corrected chi connectivity index (χ0v) is 16.8. The fraction of sp³-hybridized carbons (Fsp3) is 0.318. The number of hydrogen-bond acceptors (Lipinski definition) is 3. The van der Waals surface area contributed by atoms with E-state index in [9.17, 15) is 4.39 Å². The van der Waals surface area contributed by atoms with Gasteiger partial charge in [-0.3, -0.25) is 4.99 Å². The first-order valence-corrected chi connectivity index (χ1v) is 9.60. The Morgan fingerprint density at radius 2 is 2.03 bits per heavy atom. The number of aliphatic imine (C=N–C) groups is 1. The van der Waals surface area contributed by atoms with Gasteiger partial charge >= 0.3 is 0 Å². The maximum Gasteiger partial charge on any atom is 0.191 e. The molecule has 2 aromatic carbocycles. The van der Waals surface area contributed by atoms with E-state index in [1.165, 1.54) is 6.07 Å². The van der Waals surface area contributed by atoms with Crippen LogP contribution in [0, 0.1) is 5.82 Å². The van der Waals surface area contributed by atoms with E-state index < -0.39 is 0 Å². The summed E-state index contributed by atoms with van der Waals surface area (Å²) in [5.41, 5.74) is 3.11. The molecule has 154 valence electrons. The molecule has 0 saturated heterocycles. The van der Waals surface area contributed by atoms with E-state index in [0.29, 0.717) is 32.3 Å². The number of aromatic amines is 1. The van der Waals surface area contributed by atoms with Gasteiger partial charge < -0.3 is 25.1 Å². The topological polar surface area (TPSA) is 70.7 Å². The predicted molar refractivity (Wildman–Crippen MR) is 114 cm³/mol. The molecule has 3 aromatic rings. The van der Waals surface area contributed by atoms with Crippen molar-refractivity contribution in [3.8, 4) is 5.75 Å². The number of H-pyrrole nitrogens is 1. The van der Waals surface area contributed by atoms with Crippen LogP contribution in [0.15, 0.2) is 53.7 Å². The summed E-state index contributed by atoms with van der Waals surface area (Å²) in [6.07, 6.45) is 2.68. The van der Waals surface area contributed by atoms with Gasteiger partial charge in [0, 0.05) is 44.3 Å². The Balaban J connectivity index is 1.48. The molecule has 6 nitrogen and oxygen atoms in total. The number of aromatic nitrogens is 1. The molecule has 1 heterocycles. The van der Waals surface area contributed by atoms with Gasteiger partial charge in [-0.25, -0.2) is 4.39 Å². The average Bonchev–Trinajstić information content (AvgIpc) is 3.13. The van der Waals surface area contributed by atoms with Gasteiger partial charge in [0.1, 0.15) is 18.2 Å². The number of halogens is 1. The fourth-order valence-electron chi connectivity index (χ4n) is 3.07. The highest BCUT2D eigenvalue weighted by Gasteiger charge is 2.06. The summed E-state index contributed by atoms with van der Waals surface area (Å²) in [6, 6.07) is 12.7. The molecule has 0 atom stereocenters. The van der Waals surface area contributed by atoms with Gasteiger partial charge in [0.15, 0.2) is 5.96 Å². The summed E-state index contributed by atoms with van der Waals surface area (Å²) in [4.78, 5) is 7.44. The standard InChI is InChI=1S/C22H27FN4O2/c1-24-22(27-14-16-4-3-5-19(12-16)29-11-10-28-2)25-9-8-17-15-26-21-7-6-18(23)13-20(17)21/h3-7,12-13,15,26H,8-11,14H2,1-2H3,(H2,24,25,27). The van der Waals surface area contributed by atoms with Gasteiger partial charge in [0.05, 0.1) is 6.61 Å². The normalized spacial score (nSPS) is 11.6. The third-order valence-electron chi connectivity index (χ3n) is 4.55. The fourth-order valence-corrected chi connectivity index (χ4v) is 3.07. The molecular weight excluding hydrogens is 371 g/mol. The van der Waals surface area contributed by atoms with Crippen molar-refractivity contribution in [3.05, 3.63) is 65.6 Å². The lowest BCUT2D eigenvalue weighted by Gasteiger charge is -2.13. The highest BCUT2D eigenvalue weighted by molar-refractivity contribution is 5.83. The Morgan fingerprint density at radius 3 is 2.86 bits per heavy atom. The maximum absolute atomic E-state index is 13.5. The van der Waals surface area contributed by atoms with Crippen LogP contribution in [-0.4, -0.2) is 44.9 Å². The van der Waals surface area contributed by atoms with Crippen LogP contribution in [0.2, 0.25) is 0 Å². The lowest BCUT2D eigenvalue weighted by Crippen LogP contribution is -2.37. The molecule has 1 aromatic heterocycles. The van der Waals surface area contributed by atoms with Crippen LogP contribution in [0.4, 0.5) is 4.39 Å². The molecule has 3 rings (SSSR count).